The van der Waals surface area contributed by atoms with Gasteiger partial charge in [0, 0.05) is 29.1 Å². The molecule has 6 aromatic rings. The predicted octanol–water partition coefficient (Wildman–Crippen LogP) is 10.8. The van der Waals surface area contributed by atoms with Gasteiger partial charge in [-0.05, 0) is 62.9 Å². The van der Waals surface area contributed by atoms with Gasteiger partial charge in [0.2, 0.25) is 0 Å². The number of para-hydroxylation sites is 1. The van der Waals surface area contributed by atoms with Crippen LogP contribution in [0.3, 0.4) is 0 Å². The van der Waals surface area contributed by atoms with E-state index in [1.54, 1.807) is 0 Å². The van der Waals surface area contributed by atoms with E-state index in [1.807, 2.05) is 7.05 Å². The molecule has 1 N–H and O–H groups in total. The zero-order valence-corrected chi connectivity index (χ0v) is 25.3. The first-order valence-corrected chi connectivity index (χ1v) is 14.6. The number of nitrogens with one attached hydrogen (secondary N) is 1. The molecule has 1 heterocycles. The van der Waals surface area contributed by atoms with Gasteiger partial charge in [0.1, 0.15) is 0 Å². The van der Waals surface area contributed by atoms with Crippen LogP contribution in [0.25, 0.3) is 49.7 Å². The Morgan fingerprint density at radius 2 is 1.10 bits per heavy atom. The molecule has 0 radical (unpaired) electrons. The number of rotatable bonds is 4. The molecule has 0 unspecified atom stereocenters. The lowest BCUT2D eigenvalue weighted by atomic mass is 9.78. The highest BCUT2D eigenvalue weighted by atomic mass is 15.0. The molecule has 41 heavy (non-hydrogen) atoms. The minimum Gasteiger partial charge on any atom is -0.387 e. The molecule has 0 aliphatic heterocycles. The molecule has 5 aromatic carbocycles. The summed E-state index contributed by atoms with van der Waals surface area (Å²) >= 11 is 0. The van der Waals surface area contributed by atoms with Crippen LogP contribution < -0.4 is 5.32 Å². The normalized spacial score (nSPS) is 12.3. The summed E-state index contributed by atoms with van der Waals surface area (Å²) < 4.78 is 2.42. The molecule has 2 heteroatoms. The van der Waals surface area contributed by atoms with E-state index >= 15 is 0 Å². The van der Waals surface area contributed by atoms with Crippen LogP contribution in [-0.2, 0) is 10.8 Å². The van der Waals surface area contributed by atoms with Gasteiger partial charge in [-0.15, -0.1) is 0 Å². The fraction of sp³-hybridized carbons (Fsp3) is 0.231. The van der Waals surface area contributed by atoms with Crippen molar-refractivity contribution in [1.29, 1.82) is 0 Å². The van der Waals surface area contributed by atoms with Crippen molar-refractivity contribution in [3.05, 3.63) is 120 Å². The molecule has 0 spiro atoms. The van der Waals surface area contributed by atoms with Gasteiger partial charge < -0.3 is 9.88 Å². The van der Waals surface area contributed by atoms with Crippen molar-refractivity contribution in [2.75, 3.05) is 12.4 Å². The summed E-state index contributed by atoms with van der Waals surface area (Å²) in [6.45, 7) is 13.9. The zero-order valence-electron chi connectivity index (χ0n) is 25.3. The minimum atomic E-state index is 0.0402. The van der Waals surface area contributed by atoms with E-state index in [0.29, 0.717) is 0 Å². The Morgan fingerprint density at radius 3 is 1.68 bits per heavy atom. The largest absolute Gasteiger partial charge is 0.387 e. The first-order chi connectivity index (χ1) is 19.6. The predicted molar refractivity (Wildman–Crippen MR) is 179 cm³/mol. The summed E-state index contributed by atoms with van der Waals surface area (Å²) in [7, 11) is 2.05. The highest BCUT2D eigenvalue weighted by molar-refractivity contribution is 6.22. The van der Waals surface area contributed by atoms with Gasteiger partial charge in [-0.1, -0.05) is 126 Å². The van der Waals surface area contributed by atoms with Crippen LogP contribution in [0.15, 0.2) is 109 Å². The molecule has 1 aromatic heterocycles. The van der Waals surface area contributed by atoms with Crippen molar-refractivity contribution < 1.29 is 0 Å². The maximum atomic E-state index is 3.63. The van der Waals surface area contributed by atoms with Gasteiger partial charge in [0.25, 0.3) is 0 Å². The van der Waals surface area contributed by atoms with Crippen LogP contribution >= 0.6 is 0 Å². The van der Waals surface area contributed by atoms with Gasteiger partial charge in [-0.25, -0.2) is 0 Å². The van der Waals surface area contributed by atoms with Crippen molar-refractivity contribution >= 4 is 27.5 Å². The number of benzene rings is 5. The Hall–Kier alpha value is -4.30. The summed E-state index contributed by atoms with van der Waals surface area (Å²) in [6.07, 6.45) is 0. The second-order valence-electron chi connectivity index (χ2n) is 13.2. The van der Waals surface area contributed by atoms with Gasteiger partial charge in [-0.2, -0.15) is 0 Å². The van der Waals surface area contributed by atoms with E-state index in [1.165, 1.54) is 55.2 Å². The molecule has 6 rings (SSSR count). The van der Waals surface area contributed by atoms with Gasteiger partial charge >= 0.3 is 0 Å². The lowest BCUT2D eigenvalue weighted by molar-refractivity contribution is 0.569. The molecule has 0 aliphatic rings. The number of hydrogen-bond acceptors (Lipinski definition) is 1. The van der Waals surface area contributed by atoms with Crippen molar-refractivity contribution in [2.24, 2.45) is 0 Å². The van der Waals surface area contributed by atoms with Crippen molar-refractivity contribution in [3.63, 3.8) is 0 Å². The summed E-state index contributed by atoms with van der Waals surface area (Å²) in [5.74, 6) is 0. The lowest BCUT2D eigenvalue weighted by Crippen LogP contribution is -2.16. The zero-order chi connectivity index (χ0) is 28.9. The average Bonchev–Trinajstić information content (AvgIpc) is 3.31. The third-order valence-electron chi connectivity index (χ3n) is 8.28. The van der Waals surface area contributed by atoms with Gasteiger partial charge in [0.05, 0.1) is 16.7 Å². The maximum Gasteiger partial charge on any atom is 0.0562 e. The second-order valence-corrected chi connectivity index (χ2v) is 13.2. The fourth-order valence-corrected chi connectivity index (χ4v) is 6.01. The smallest absolute Gasteiger partial charge is 0.0562 e. The minimum absolute atomic E-state index is 0.0402. The van der Waals surface area contributed by atoms with Crippen molar-refractivity contribution in [3.8, 4) is 27.9 Å². The van der Waals surface area contributed by atoms with Crippen molar-refractivity contribution in [1.82, 2.24) is 4.57 Å². The molecule has 0 aliphatic carbocycles. The molecule has 0 atom stereocenters. The molecule has 0 saturated heterocycles. The summed E-state index contributed by atoms with van der Waals surface area (Å²) in [5.41, 5.74) is 12.5. The fourth-order valence-electron chi connectivity index (χ4n) is 6.01. The van der Waals surface area contributed by atoms with Crippen LogP contribution in [0.2, 0.25) is 0 Å². The maximum absolute atomic E-state index is 3.63. The van der Waals surface area contributed by atoms with Crippen LogP contribution in [0.1, 0.15) is 52.7 Å². The Balaban J connectivity index is 1.79. The molecule has 0 amide bonds. The summed E-state index contributed by atoms with van der Waals surface area (Å²) in [5, 5.41) is 6.16. The molecule has 2 nitrogen and oxygen atoms in total. The van der Waals surface area contributed by atoms with E-state index < -0.39 is 0 Å². The number of fused-ring (bicyclic) bond motifs is 3. The number of aromatic nitrogens is 1. The van der Waals surface area contributed by atoms with Gasteiger partial charge in [0.15, 0.2) is 0 Å². The van der Waals surface area contributed by atoms with Gasteiger partial charge in [-0.3, -0.25) is 0 Å². The Kier molecular flexibility index (Phi) is 6.53. The van der Waals surface area contributed by atoms with Crippen LogP contribution in [-0.4, -0.2) is 11.6 Å². The Morgan fingerprint density at radius 1 is 0.512 bits per heavy atom. The van der Waals surface area contributed by atoms with E-state index in [2.05, 4.69) is 161 Å². The van der Waals surface area contributed by atoms with Crippen LogP contribution in [0, 0.1) is 0 Å². The third kappa shape index (κ3) is 4.72. The lowest BCUT2D eigenvalue weighted by Gasteiger charge is -2.26. The number of nitrogens with zero attached hydrogens (tertiary/aromatic N) is 1. The molecular weight excluding hydrogens is 496 g/mol. The molecule has 0 bridgehead atoms. The summed E-state index contributed by atoms with van der Waals surface area (Å²) in [4.78, 5) is 0. The van der Waals surface area contributed by atoms with Crippen molar-refractivity contribution in [2.45, 2.75) is 52.4 Å². The van der Waals surface area contributed by atoms with Crippen LogP contribution in [0.4, 0.5) is 5.69 Å². The molecule has 0 saturated carbocycles. The average molecular weight is 537 g/mol. The van der Waals surface area contributed by atoms with E-state index in [9.17, 15) is 0 Å². The monoisotopic (exact) mass is 536 g/mol. The standard InChI is InChI=1S/C39H40N2/c1-38(2,3)28-23-27(24-29(25-28)39(4,5)6)31-19-14-20-33-35(31)36-34(41(33)30-17-12-9-13-18-30)22-21-32(37(36)40-7)26-15-10-8-11-16-26/h8-25,40H,1-7H3. The topological polar surface area (TPSA) is 17.0 Å². The van der Waals surface area contributed by atoms with E-state index in [-0.39, 0.29) is 10.8 Å². The molecule has 206 valence electrons. The van der Waals surface area contributed by atoms with E-state index in [0.717, 1.165) is 11.4 Å². The highest BCUT2D eigenvalue weighted by Gasteiger charge is 2.24. The molecule has 0 fully saturated rings. The Bertz CT molecular complexity index is 1830. The van der Waals surface area contributed by atoms with E-state index in [4.69, 9.17) is 0 Å². The number of hydrogen-bond donors (Lipinski definition) is 1. The Labute approximate surface area is 244 Å². The van der Waals surface area contributed by atoms with Crippen LogP contribution in [0.5, 0.6) is 0 Å². The third-order valence-corrected chi connectivity index (χ3v) is 8.28. The summed E-state index contributed by atoms with van der Waals surface area (Å²) in [6, 6.07) is 40.0. The first kappa shape index (κ1) is 26.9. The SMILES string of the molecule is CNc1c(-c2ccccc2)ccc2c1c1c(-c3cc(C(C)(C)C)cc(C(C)(C)C)c3)cccc1n2-c1ccccc1. The highest BCUT2D eigenvalue weighted by Crippen LogP contribution is 2.46. The quantitative estimate of drug-likeness (QED) is 0.237. The second kappa shape index (κ2) is 9.96. The first-order valence-electron chi connectivity index (χ1n) is 14.6. The molecular formula is C39H40N2. The number of anilines is 1.